The Balaban J connectivity index is 2.15. The fourth-order valence-electron chi connectivity index (χ4n) is 3.04. The average Bonchev–Trinajstić information content (AvgIpc) is 2.86. The number of aromatic nitrogens is 2. The van der Waals surface area contributed by atoms with Crippen LogP contribution in [0.4, 0.5) is 5.82 Å². The Kier molecular flexibility index (Phi) is 5.31. The Labute approximate surface area is 156 Å². The minimum Gasteiger partial charge on any atom is -0.493 e. The zero-order chi connectivity index (χ0) is 18.8. The molecule has 2 atom stereocenters. The highest BCUT2D eigenvalue weighted by Crippen LogP contribution is 2.42. The van der Waals surface area contributed by atoms with Gasteiger partial charge in [0.2, 0.25) is 5.91 Å². The summed E-state index contributed by atoms with van der Waals surface area (Å²) in [6.07, 6.45) is 0.834. The van der Waals surface area contributed by atoms with Crippen molar-refractivity contribution in [3.8, 4) is 11.5 Å². The van der Waals surface area contributed by atoms with Gasteiger partial charge in [-0.05, 0) is 31.0 Å². The molecule has 2 aromatic rings. The van der Waals surface area contributed by atoms with Crippen LogP contribution in [0.5, 0.6) is 11.5 Å². The van der Waals surface area contributed by atoms with E-state index in [4.69, 9.17) is 9.47 Å². The molecule has 2 unspecified atom stereocenters. The number of carbonyl (C=O) groups excluding carboxylic acids is 1. The van der Waals surface area contributed by atoms with Crippen LogP contribution in [-0.4, -0.2) is 35.7 Å². The number of carbonyl (C=O) groups is 1. The molecule has 0 fully saturated rings. The van der Waals surface area contributed by atoms with E-state index < -0.39 is 0 Å². The fraction of sp³-hybridized carbons (Fsp3) is 0.444. The van der Waals surface area contributed by atoms with Gasteiger partial charge in [0.25, 0.3) is 5.56 Å². The van der Waals surface area contributed by atoms with E-state index in [-0.39, 0.29) is 28.5 Å². The smallest absolute Gasteiger partial charge is 0.270 e. The second-order valence-corrected chi connectivity index (χ2v) is 7.28. The second-order valence-electron chi connectivity index (χ2n) is 6.18. The minimum absolute atomic E-state index is 0.0703. The highest BCUT2D eigenvalue weighted by molar-refractivity contribution is 8.00. The van der Waals surface area contributed by atoms with Crippen LogP contribution in [0.1, 0.15) is 42.7 Å². The van der Waals surface area contributed by atoms with Crippen LogP contribution in [-0.2, 0) is 4.79 Å². The van der Waals surface area contributed by atoms with E-state index in [0.29, 0.717) is 22.9 Å². The van der Waals surface area contributed by atoms with Crippen LogP contribution in [0.2, 0.25) is 0 Å². The summed E-state index contributed by atoms with van der Waals surface area (Å²) in [7, 11) is 3.15. The number of rotatable bonds is 5. The molecule has 0 bridgehead atoms. The third-order valence-electron chi connectivity index (χ3n) is 4.61. The topological polar surface area (TPSA) is 85.4 Å². The first-order valence-corrected chi connectivity index (χ1v) is 9.52. The summed E-state index contributed by atoms with van der Waals surface area (Å²) in [5.41, 5.74) is 1.26. The van der Waals surface area contributed by atoms with Crippen molar-refractivity contribution in [2.24, 2.45) is 0 Å². The molecule has 0 saturated heterocycles. The van der Waals surface area contributed by atoms with E-state index in [1.165, 1.54) is 11.8 Å². The monoisotopic (exact) mass is 377 g/mol. The molecule has 0 saturated carbocycles. The third kappa shape index (κ3) is 3.21. The Morgan fingerprint density at radius 2 is 2.00 bits per heavy atom. The summed E-state index contributed by atoms with van der Waals surface area (Å²) in [6, 6.07) is 5.64. The molecule has 8 heteroatoms. The van der Waals surface area contributed by atoms with Crippen molar-refractivity contribution in [2.45, 2.75) is 31.6 Å². The van der Waals surface area contributed by atoms with Gasteiger partial charge >= 0.3 is 0 Å². The molecule has 1 amide bonds. The van der Waals surface area contributed by atoms with Crippen molar-refractivity contribution < 1.29 is 14.3 Å². The number of ether oxygens (including phenoxy) is 2. The summed E-state index contributed by atoms with van der Waals surface area (Å²) in [6.45, 7) is 4.04. The number of anilines is 1. The second kappa shape index (κ2) is 7.49. The molecule has 1 aliphatic rings. The maximum atomic E-state index is 12.7. The first kappa shape index (κ1) is 18.4. The number of benzene rings is 1. The molecular weight excluding hydrogens is 354 g/mol. The molecule has 7 nitrogen and oxygen atoms in total. The number of methoxy groups -OCH3 is 2. The minimum atomic E-state index is -0.280. The van der Waals surface area contributed by atoms with Crippen molar-refractivity contribution in [2.75, 3.05) is 25.3 Å². The summed E-state index contributed by atoms with van der Waals surface area (Å²) in [4.78, 5) is 24.9. The van der Waals surface area contributed by atoms with Crippen LogP contribution in [0.3, 0.4) is 0 Å². The molecule has 1 aliphatic heterocycles. The number of fused-ring (bicyclic) bond motifs is 1. The molecule has 1 aromatic heterocycles. The standard InChI is InChI=1S/C18H23N3O4S/c1-5-10(2)21-17-15(18(23)20-21)16(26-9-14(22)19-17)11-6-7-12(24-3)13(8-11)25-4/h6-8,10,16H,5,9H2,1-4H3,(H,19,22)(H,20,23). The lowest BCUT2D eigenvalue weighted by atomic mass is 10.1. The van der Waals surface area contributed by atoms with E-state index in [9.17, 15) is 9.59 Å². The predicted octanol–water partition coefficient (Wildman–Crippen LogP) is 2.94. The van der Waals surface area contributed by atoms with Gasteiger partial charge in [0.1, 0.15) is 5.82 Å². The lowest BCUT2D eigenvalue weighted by molar-refractivity contribution is -0.113. The maximum Gasteiger partial charge on any atom is 0.270 e. The maximum absolute atomic E-state index is 12.7. The van der Waals surface area contributed by atoms with Crippen LogP contribution in [0.15, 0.2) is 23.0 Å². The largest absolute Gasteiger partial charge is 0.493 e. The summed E-state index contributed by atoms with van der Waals surface area (Å²) in [5.74, 6) is 1.92. The molecule has 26 heavy (non-hydrogen) atoms. The van der Waals surface area contributed by atoms with E-state index >= 15 is 0 Å². The highest BCUT2D eigenvalue weighted by Gasteiger charge is 2.31. The van der Waals surface area contributed by atoms with Crippen molar-refractivity contribution in [1.82, 2.24) is 9.78 Å². The molecule has 140 valence electrons. The Morgan fingerprint density at radius 3 is 2.65 bits per heavy atom. The van der Waals surface area contributed by atoms with Gasteiger partial charge in [0.05, 0.1) is 30.8 Å². The van der Waals surface area contributed by atoms with E-state index in [2.05, 4.69) is 10.4 Å². The number of amides is 1. The quantitative estimate of drug-likeness (QED) is 0.837. The van der Waals surface area contributed by atoms with Gasteiger partial charge < -0.3 is 14.8 Å². The first-order chi connectivity index (χ1) is 12.5. The van der Waals surface area contributed by atoms with E-state index in [1.54, 1.807) is 18.9 Å². The molecule has 1 aromatic carbocycles. The number of hydrogen-bond donors (Lipinski definition) is 2. The van der Waals surface area contributed by atoms with Crippen LogP contribution < -0.4 is 20.3 Å². The average molecular weight is 377 g/mol. The number of nitrogens with one attached hydrogen (secondary N) is 2. The Hall–Kier alpha value is -2.35. The van der Waals surface area contributed by atoms with Crippen LogP contribution in [0.25, 0.3) is 0 Å². The van der Waals surface area contributed by atoms with Crippen LogP contribution in [0, 0.1) is 0 Å². The fourth-order valence-corrected chi connectivity index (χ4v) is 4.15. The predicted molar refractivity (Wildman–Crippen MR) is 103 cm³/mol. The van der Waals surface area contributed by atoms with E-state index in [0.717, 1.165) is 12.0 Å². The molecule has 2 heterocycles. The summed E-state index contributed by atoms with van der Waals surface area (Å²) < 4.78 is 12.4. The van der Waals surface area contributed by atoms with Gasteiger partial charge in [-0.3, -0.25) is 19.4 Å². The lowest BCUT2D eigenvalue weighted by Gasteiger charge is -2.17. The van der Waals surface area contributed by atoms with Gasteiger partial charge in [-0.1, -0.05) is 13.0 Å². The van der Waals surface area contributed by atoms with Crippen molar-refractivity contribution in [3.05, 3.63) is 39.7 Å². The SMILES string of the molecule is CCC(C)n1[nH]c(=O)c2c1NC(=O)CSC2c1ccc(OC)c(OC)c1. The molecule has 2 N–H and O–H groups in total. The number of hydrogen-bond acceptors (Lipinski definition) is 5. The Bertz CT molecular complexity index is 874. The highest BCUT2D eigenvalue weighted by atomic mass is 32.2. The van der Waals surface area contributed by atoms with Gasteiger partial charge in [0, 0.05) is 6.04 Å². The number of nitrogens with zero attached hydrogens (tertiary/aromatic N) is 1. The van der Waals surface area contributed by atoms with Crippen LogP contribution >= 0.6 is 11.8 Å². The van der Waals surface area contributed by atoms with Gasteiger partial charge in [-0.2, -0.15) is 0 Å². The molecule has 0 aliphatic carbocycles. The molecule has 3 rings (SSSR count). The molecular formula is C18H23N3O4S. The zero-order valence-electron chi connectivity index (χ0n) is 15.3. The van der Waals surface area contributed by atoms with Gasteiger partial charge in [-0.25, -0.2) is 0 Å². The lowest BCUT2D eigenvalue weighted by Crippen LogP contribution is -2.18. The summed E-state index contributed by atoms with van der Waals surface area (Å²) in [5, 5.41) is 5.50. The molecule has 0 spiro atoms. The Morgan fingerprint density at radius 1 is 1.27 bits per heavy atom. The van der Waals surface area contributed by atoms with Gasteiger partial charge in [-0.15, -0.1) is 11.8 Å². The third-order valence-corrected chi connectivity index (χ3v) is 5.88. The normalized spacial score (nSPS) is 17.8. The number of thioether (sulfide) groups is 1. The first-order valence-electron chi connectivity index (χ1n) is 8.47. The van der Waals surface area contributed by atoms with Crippen molar-refractivity contribution in [1.29, 1.82) is 0 Å². The number of aromatic amines is 1. The summed E-state index contributed by atoms with van der Waals surface area (Å²) >= 11 is 1.43. The van der Waals surface area contributed by atoms with Gasteiger partial charge in [0.15, 0.2) is 11.5 Å². The van der Waals surface area contributed by atoms with Crippen molar-refractivity contribution in [3.63, 3.8) is 0 Å². The molecule has 0 radical (unpaired) electrons. The number of H-pyrrole nitrogens is 1. The van der Waals surface area contributed by atoms with Crippen molar-refractivity contribution >= 4 is 23.5 Å². The zero-order valence-corrected chi connectivity index (χ0v) is 16.1. The van der Waals surface area contributed by atoms with E-state index in [1.807, 2.05) is 32.0 Å².